The number of hydrogen-bond acceptors (Lipinski definition) is 4. The number of nitrogens with one attached hydrogen (secondary N) is 1. The molecule has 0 radical (unpaired) electrons. The second-order valence-corrected chi connectivity index (χ2v) is 7.57. The zero-order valence-electron chi connectivity index (χ0n) is 10.7. The molecular formula is C12H10F2N2O2S3. The fourth-order valence-electron chi connectivity index (χ4n) is 1.53. The van der Waals surface area contributed by atoms with E-state index in [4.69, 9.17) is 18.0 Å². The van der Waals surface area contributed by atoms with E-state index in [1.807, 2.05) is 4.72 Å². The summed E-state index contributed by atoms with van der Waals surface area (Å²) in [6.07, 6.45) is 0. The summed E-state index contributed by atoms with van der Waals surface area (Å²) in [7, 11) is -4.11. The monoisotopic (exact) mass is 348 g/mol. The van der Waals surface area contributed by atoms with Crippen molar-refractivity contribution < 1.29 is 17.2 Å². The average molecular weight is 348 g/mol. The van der Waals surface area contributed by atoms with Crippen LogP contribution in [0.25, 0.3) is 0 Å². The summed E-state index contributed by atoms with van der Waals surface area (Å²) in [5.41, 5.74) is 4.82. The van der Waals surface area contributed by atoms with Crippen LogP contribution < -0.4 is 10.5 Å². The average Bonchev–Trinajstić information content (AvgIpc) is 2.90. The number of thiocarbonyl (C=S) groups is 1. The molecule has 9 heteroatoms. The third-order valence-electron chi connectivity index (χ3n) is 2.61. The second-order valence-electron chi connectivity index (χ2n) is 4.14. The van der Waals surface area contributed by atoms with Crippen molar-refractivity contribution in [3.05, 3.63) is 46.3 Å². The van der Waals surface area contributed by atoms with Gasteiger partial charge in [0.1, 0.15) is 20.7 Å². The first-order chi connectivity index (χ1) is 9.72. The molecule has 0 aliphatic rings. The van der Waals surface area contributed by atoms with Crippen LogP contribution in [0.4, 0.5) is 14.5 Å². The highest BCUT2D eigenvalue weighted by atomic mass is 32.2. The molecule has 4 nitrogen and oxygen atoms in total. The zero-order chi connectivity index (χ0) is 15.8. The van der Waals surface area contributed by atoms with Gasteiger partial charge in [0.2, 0.25) is 0 Å². The van der Waals surface area contributed by atoms with Crippen molar-refractivity contribution in [2.45, 2.75) is 11.1 Å². The predicted octanol–water partition coefficient (Wildman–Crippen LogP) is 2.77. The van der Waals surface area contributed by atoms with Crippen molar-refractivity contribution in [2.24, 2.45) is 5.73 Å². The number of sulfonamides is 1. The Bertz CT molecular complexity index is 816. The van der Waals surface area contributed by atoms with Crippen molar-refractivity contribution in [1.29, 1.82) is 0 Å². The van der Waals surface area contributed by atoms with Gasteiger partial charge in [0, 0.05) is 0 Å². The van der Waals surface area contributed by atoms with Gasteiger partial charge in [0.25, 0.3) is 10.0 Å². The van der Waals surface area contributed by atoms with E-state index >= 15 is 0 Å². The van der Waals surface area contributed by atoms with Gasteiger partial charge in [-0.25, -0.2) is 17.2 Å². The largest absolute Gasteiger partial charge is 0.389 e. The van der Waals surface area contributed by atoms with Crippen LogP contribution in [0.2, 0.25) is 0 Å². The molecule has 0 amide bonds. The van der Waals surface area contributed by atoms with E-state index < -0.39 is 27.3 Å². The summed E-state index contributed by atoms with van der Waals surface area (Å²) in [4.78, 5) is 0.449. The Hall–Kier alpha value is -1.58. The molecular weight excluding hydrogens is 338 g/mol. The highest BCUT2D eigenvalue weighted by molar-refractivity contribution is 7.94. The van der Waals surface area contributed by atoms with Crippen molar-refractivity contribution in [3.63, 3.8) is 0 Å². The quantitative estimate of drug-likeness (QED) is 0.834. The van der Waals surface area contributed by atoms with Gasteiger partial charge in [-0.15, -0.1) is 11.3 Å². The number of halogens is 2. The highest BCUT2D eigenvalue weighted by Crippen LogP contribution is 2.27. The lowest BCUT2D eigenvalue weighted by atomic mass is 10.2. The van der Waals surface area contributed by atoms with E-state index in [0.717, 1.165) is 17.4 Å². The molecule has 0 aliphatic heterocycles. The molecule has 0 saturated carbocycles. The van der Waals surface area contributed by atoms with E-state index in [9.17, 15) is 17.2 Å². The van der Waals surface area contributed by atoms with Crippen LogP contribution in [0.3, 0.4) is 0 Å². The first-order valence-electron chi connectivity index (χ1n) is 5.59. The van der Waals surface area contributed by atoms with E-state index in [1.54, 1.807) is 0 Å². The standard InChI is InChI=1S/C12H10F2N2O2S3/c1-6-2-3-7(13)11(10(6)14)16-21(17,18)9-5-4-8(20-9)12(15)19/h2-5,16H,1H3,(H2,15,19). The number of rotatable bonds is 4. The van der Waals surface area contributed by atoms with Crippen LogP contribution in [0, 0.1) is 18.6 Å². The SMILES string of the molecule is Cc1ccc(F)c(NS(=O)(=O)c2ccc(C(N)=S)s2)c1F. The maximum absolute atomic E-state index is 13.8. The summed E-state index contributed by atoms with van der Waals surface area (Å²) in [5.74, 6) is -1.95. The lowest BCUT2D eigenvalue weighted by Crippen LogP contribution is -2.14. The van der Waals surface area contributed by atoms with Crippen LogP contribution >= 0.6 is 23.6 Å². The minimum Gasteiger partial charge on any atom is -0.389 e. The molecule has 1 heterocycles. The molecule has 2 rings (SSSR count). The number of nitrogens with two attached hydrogens (primary N) is 1. The zero-order valence-corrected chi connectivity index (χ0v) is 13.1. The van der Waals surface area contributed by atoms with Crippen LogP contribution in [0.15, 0.2) is 28.5 Å². The molecule has 0 aliphatic carbocycles. The van der Waals surface area contributed by atoms with E-state index in [1.165, 1.54) is 25.1 Å². The third-order valence-corrected chi connectivity index (χ3v) is 5.92. The van der Waals surface area contributed by atoms with Crippen molar-refractivity contribution in [1.82, 2.24) is 0 Å². The molecule has 21 heavy (non-hydrogen) atoms. The van der Waals surface area contributed by atoms with Gasteiger partial charge < -0.3 is 5.73 Å². The van der Waals surface area contributed by atoms with Crippen molar-refractivity contribution in [2.75, 3.05) is 4.72 Å². The van der Waals surface area contributed by atoms with Crippen LogP contribution in [0.5, 0.6) is 0 Å². The highest BCUT2D eigenvalue weighted by Gasteiger charge is 2.22. The molecule has 0 fully saturated rings. The summed E-state index contributed by atoms with van der Waals surface area (Å²) >= 11 is 5.56. The summed E-state index contributed by atoms with van der Waals surface area (Å²) in [6.45, 7) is 1.41. The number of thiophene rings is 1. The van der Waals surface area contributed by atoms with Crippen LogP contribution in [-0.2, 0) is 10.0 Å². The number of benzene rings is 1. The molecule has 0 unspecified atom stereocenters. The second kappa shape index (κ2) is 5.66. The van der Waals surface area contributed by atoms with Gasteiger partial charge in [-0.3, -0.25) is 4.72 Å². The third kappa shape index (κ3) is 3.20. The first kappa shape index (κ1) is 15.8. The molecule has 0 spiro atoms. The van der Waals surface area contributed by atoms with E-state index in [2.05, 4.69) is 0 Å². The summed E-state index contributed by atoms with van der Waals surface area (Å²) < 4.78 is 53.5. The van der Waals surface area contributed by atoms with Gasteiger partial charge in [-0.1, -0.05) is 18.3 Å². The first-order valence-corrected chi connectivity index (χ1v) is 8.30. The molecule has 0 bridgehead atoms. The number of hydrogen-bond donors (Lipinski definition) is 2. The Morgan fingerprint density at radius 2 is 1.95 bits per heavy atom. The lowest BCUT2D eigenvalue weighted by Gasteiger charge is -2.09. The smallest absolute Gasteiger partial charge is 0.271 e. The van der Waals surface area contributed by atoms with Crippen molar-refractivity contribution >= 4 is 44.3 Å². The molecule has 0 saturated heterocycles. The topological polar surface area (TPSA) is 72.2 Å². The molecule has 2 aromatic rings. The number of anilines is 1. The Morgan fingerprint density at radius 3 is 2.52 bits per heavy atom. The minimum atomic E-state index is -4.11. The van der Waals surface area contributed by atoms with Gasteiger partial charge in [-0.2, -0.15) is 0 Å². The Morgan fingerprint density at radius 1 is 1.29 bits per heavy atom. The summed E-state index contributed by atoms with van der Waals surface area (Å²) in [6, 6.07) is 4.92. The maximum atomic E-state index is 13.8. The maximum Gasteiger partial charge on any atom is 0.271 e. The minimum absolute atomic E-state index is 0.0503. The van der Waals surface area contributed by atoms with Crippen molar-refractivity contribution in [3.8, 4) is 0 Å². The molecule has 1 aromatic heterocycles. The molecule has 112 valence electrons. The Labute approximate surface area is 129 Å². The lowest BCUT2D eigenvalue weighted by molar-refractivity contribution is 0.579. The fourth-order valence-corrected chi connectivity index (χ4v) is 3.95. The Kier molecular flexibility index (Phi) is 4.26. The molecule has 3 N–H and O–H groups in total. The van der Waals surface area contributed by atoms with Gasteiger partial charge in [-0.05, 0) is 30.7 Å². The van der Waals surface area contributed by atoms with Crippen LogP contribution in [0.1, 0.15) is 10.4 Å². The van der Waals surface area contributed by atoms with Gasteiger partial charge >= 0.3 is 0 Å². The van der Waals surface area contributed by atoms with Gasteiger partial charge in [0.05, 0.1) is 4.88 Å². The normalized spacial score (nSPS) is 11.4. The summed E-state index contributed by atoms with van der Waals surface area (Å²) in [5, 5.41) is 0. The van der Waals surface area contributed by atoms with Crippen LogP contribution in [-0.4, -0.2) is 13.4 Å². The Balaban J connectivity index is 2.42. The molecule has 0 atom stereocenters. The van der Waals surface area contributed by atoms with E-state index in [0.29, 0.717) is 4.88 Å². The van der Waals surface area contributed by atoms with Gasteiger partial charge in [0.15, 0.2) is 5.82 Å². The molecule has 1 aromatic carbocycles. The fraction of sp³-hybridized carbons (Fsp3) is 0.0833. The number of aryl methyl sites for hydroxylation is 1. The van der Waals surface area contributed by atoms with E-state index in [-0.39, 0.29) is 14.8 Å². The predicted molar refractivity (Wildman–Crippen MR) is 82.1 cm³/mol.